The smallest absolute Gasteiger partial charge is 0.408 e. The molecule has 0 spiro atoms. The minimum Gasteiger partial charge on any atom is -0.444 e. The van der Waals surface area contributed by atoms with Crippen LogP contribution in [-0.4, -0.2) is 61.5 Å². The van der Waals surface area contributed by atoms with Gasteiger partial charge in [-0.1, -0.05) is 11.6 Å². The number of ether oxygens (including phenoxy) is 2. The summed E-state index contributed by atoms with van der Waals surface area (Å²) in [6, 6.07) is 2.82. The minimum atomic E-state index is -0.632. The fraction of sp³-hybridized carbons (Fsp3) is 0.611. The Morgan fingerprint density at radius 3 is 2.59 bits per heavy atom. The zero-order valence-corrected chi connectivity index (χ0v) is 16.6. The van der Waals surface area contributed by atoms with Crippen LogP contribution in [0.4, 0.5) is 16.4 Å². The molecule has 0 saturated carbocycles. The topological polar surface area (TPSA) is 84.0 Å². The van der Waals surface area contributed by atoms with E-state index in [4.69, 9.17) is 21.1 Å². The first-order chi connectivity index (χ1) is 12.7. The number of pyridine rings is 1. The summed E-state index contributed by atoms with van der Waals surface area (Å²) in [5.41, 5.74) is -0.618. The monoisotopic (exact) mass is 396 g/mol. The normalized spacial score (nSPS) is 20.7. The van der Waals surface area contributed by atoms with Crippen molar-refractivity contribution in [2.24, 2.45) is 0 Å². The number of rotatable bonds is 3. The molecule has 9 heteroatoms. The molecule has 0 unspecified atom stereocenters. The predicted molar refractivity (Wildman–Crippen MR) is 102 cm³/mol. The maximum atomic E-state index is 12.7. The Morgan fingerprint density at radius 1 is 1.26 bits per heavy atom. The maximum Gasteiger partial charge on any atom is 0.408 e. The van der Waals surface area contributed by atoms with E-state index in [0.29, 0.717) is 37.0 Å². The van der Waals surface area contributed by atoms with Gasteiger partial charge >= 0.3 is 6.09 Å². The van der Waals surface area contributed by atoms with Crippen molar-refractivity contribution in [2.75, 3.05) is 42.6 Å². The molecular formula is C18H25ClN4O4. The molecule has 2 aliphatic heterocycles. The molecule has 1 aromatic rings. The number of morpholine rings is 1. The summed E-state index contributed by atoms with van der Waals surface area (Å²) in [6.45, 7) is 8.50. The molecule has 1 N–H and O–H groups in total. The van der Waals surface area contributed by atoms with Gasteiger partial charge in [-0.3, -0.25) is 9.69 Å². The molecule has 0 aromatic carbocycles. The molecule has 2 saturated heterocycles. The van der Waals surface area contributed by atoms with Crippen LogP contribution < -0.4 is 15.1 Å². The van der Waals surface area contributed by atoms with Crippen molar-refractivity contribution in [3.8, 4) is 0 Å². The van der Waals surface area contributed by atoms with Crippen LogP contribution in [0.1, 0.15) is 27.2 Å². The molecule has 2 amide bonds. The summed E-state index contributed by atoms with van der Waals surface area (Å²) in [5.74, 6) is 0.989. The summed E-state index contributed by atoms with van der Waals surface area (Å²) in [5, 5.41) is 3.15. The van der Waals surface area contributed by atoms with E-state index >= 15 is 0 Å². The minimum absolute atomic E-state index is 0.219. The van der Waals surface area contributed by atoms with Gasteiger partial charge in [0.25, 0.3) is 5.91 Å². The average Bonchev–Trinajstić information content (AvgIpc) is 2.94. The van der Waals surface area contributed by atoms with Gasteiger partial charge in [0.05, 0.1) is 13.2 Å². The van der Waals surface area contributed by atoms with Crippen molar-refractivity contribution in [1.82, 2.24) is 10.3 Å². The molecule has 2 fully saturated rings. The maximum absolute atomic E-state index is 12.7. The Hall–Kier alpha value is -2.06. The highest BCUT2D eigenvalue weighted by molar-refractivity contribution is 6.31. The summed E-state index contributed by atoms with van der Waals surface area (Å²) in [6.07, 6.45) is -0.116. The molecule has 3 heterocycles. The number of anilines is 2. The van der Waals surface area contributed by atoms with E-state index in [9.17, 15) is 9.59 Å². The van der Waals surface area contributed by atoms with E-state index in [1.54, 1.807) is 37.8 Å². The van der Waals surface area contributed by atoms with Crippen molar-refractivity contribution in [2.45, 2.75) is 38.8 Å². The Bertz CT molecular complexity index is 716. The van der Waals surface area contributed by atoms with E-state index in [0.717, 1.165) is 18.9 Å². The van der Waals surface area contributed by atoms with Gasteiger partial charge in [-0.05, 0) is 39.3 Å². The van der Waals surface area contributed by atoms with Crippen molar-refractivity contribution < 1.29 is 19.1 Å². The zero-order chi connectivity index (χ0) is 19.6. The Balaban J connectivity index is 1.71. The number of nitrogens with zero attached hydrogens (tertiary/aromatic N) is 3. The third kappa shape index (κ3) is 5.01. The number of hydrogen-bond donors (Lipinski definition) is 1. The van der Waals surface area contributed by atoms with Crippen LogP contribution in [0, 0.1) is 0 Å². The quantitative estimate of drug-likeness (QED) is 0.843. The van der Waals surface area contributed by atoms with Crippen molar-refractivity contribution in [3.05, 3.63) is 17.2 Å². The van der Waals surface area contributed by atoms with Crippen LogP contribution in [0.15, 0.2) is 12.1 Å². The molecule has 148 valence electrons. The largest absolute Gasteiger partial charge is 0.444 e. The van der Waals surface area contributed by atoms with Gasteiger partial charge in [0.15, 0.2) is 0 Å². The Kier molecular flexibility index (Phi) is 5.76. The summed E-state index contributed by atoms with van der Waals surface area (Å²) in [7, 11) is 0. The van der Waals surface area contributed by atoms with Gasteiger partial charge in [-0.15, -0.1) is 0 Å². The second-order valence-corrected chi connectivity index (χ2v) is 8.01. The van der Waals surface area contributed by atoms with Gasteiger partial charge in [0.1, 0.15) is 23.3 Å². The van der Waals surface area contributed by atoms with Gasteiger partial charge in [0.2, 0.25) is 0 Å². The highest BCUT2D eigenvalue weighted by Crippen LogP contribution is 2.27. The molecular weight excluding hydrogens is 372 g/mol. The van der Waals surface area contributed by atoms with E-state index in [2.05, 4.69) is 15.2 Å². The molecule has 2 aliphatic rings. The molecule has 0 aliphatic carbocycles. The van der Waals surface area contributed by atoms with Crippen molar-refractivity contribution in [3.63, 3.8) is 0 Å². The first-order valence-electron chi connectivity index (χ1n) is 9.04. The van der Waals surface area contributed by atoms with E-state index in [-0.39, 0.29) is 5.91 Å². The average molecular weight is 397 g/mol. The zero-order valence-electron chi connectivity index (χ0n) is 15.8. The van der Waals surface area contributed by atoms with E-state index in [1.807, 2.05) is 0 Å². The number of alkyl carbamates (subject to hydrolysis) is 1. The van der Waals surface area contributed by atoms with Gasteiger partial charge in [-0.25, -0.2) is 9.78 Å². The molecule has 0 radical (unpaired) electrons. The SMILES string of the molecule is CC(C)(C)OC(=O)N[C@@H]1CCN(c2cc(Cl)cc(N3CCOCC3)n2)C1=O. The summed E-state index contributed by atoms with van der Waals surface area (Å²) < 4.78 is 10.6. The number of carbonyl (C=O) groups excluding carboxylic acids is 2. The second kappa shape index (κ2) is 7.90. The van der Waals surface area contributed by atoms with Gasteiger partial charge in [0, 0.05) is 24.7 Å². The Morgan fingerprint density at radius 2 is 1.93 bits per heavy atom. The number of amides is 2. The number of nitrogens with one attached hydrogen (secondary N) is 1. The summed E-state index contributed by atoms with van der Waals surface area (Å²) in [4.78, 5) is 32.9. The molecule has 1 atom stereocenters. The molecule has 0 bridgehead atoms. The highest BCUT2D eigenvalue weighted by Gasteiger charge is 2.35. The van der Waals surface area contributed by atoms with E-state index in [1.165, 1.54) is 0 Å². The van der Waals surface area contributed by atoms with Crippen LogP contribution in [0.3, 0.4) is 0 Å². The van der Waals surface area contributed by atoms with Crippen LogP contribution >= 0.6 is 11.6 Å². The molecule has 8 nitrogen and oxygen atoms in total. The second-order valence-electron chi connectivity index (χ2n) is 7.58. The lowest BCUT2D eigenvalue weighted by atomic mass is 10.2. The lowest BCUT2D eigenvalue weighted by Crippen LogP contribution is -2.44. The first-order valence-corrected chi connectivity index (χ1v) is 9.42. The molecule has 1 aromatic heterocycles. The Labute approximate surface area is 163 Å². The molecule has 3 rings (SSSR count). The number of aromatic nitrogens is 1. The molecule has 27 heavy (non-hydrogen) atoms. The fourth-order valence-corrected chi connectivity index (χ4v) is 3.25. The predicted octanol–water partition coefficient (Wildman–Crippen LogP) is 2.20. The highest BCUT2D eigenvalue weighted by atomic mass is 35.5. The van der Waals surface area contributed by atoms with Crippen LogP contribution in [-0.2, 0) is 14.3 Å². The van der Waals surface area contributed by atoms with Crippen LogP contribution in [0.5, 0.6) is 0 Å². The number of halogens is 1. The van der Waals surface area contributed by atoms with Gasteiger partial charge < -0.3 is 19.7 Å². The number of hydrogen-bond acceptors (Lipinski definition) is 6. The summed E-state index contributed by atoms with van der Waals surface area (Å²) >= 11 is 6.26. The van der Waals surface area contributed by atoms with E-state index < -0.39 is 17.7 Å². The lowest BCUT2D eigenvalue weighted by molar-refractivity contribution is -0.118. The van der Waals surface area contributed by atoms with Crippen LogP contribution in [0.2, 0.25) is 5.02 Å². The van der Waals surface area contributed by atoms with Crippen LogP contribution in [0.25, 0.3) is 0 Å². The third-order valence-electron chi connectivity index (χ3n) is 4.27. The lowest BCUT2D eigenvalue weighted by Gasteiger charge is -2.29. The third-order valence-corrected chi connectivity index (χ3v) is 4.49. The van der Waals surface area contributed by atoms with Crippen molar-refractivity contribution in [1.29, 1.82) is 0 Å². The first kappa shape index (κ1) is 19.7. The number of carbonyl (C=O) groups is 2. The van der Waals surface area contributed by atoms with Crippen molar-refractivity contribution >= 4 is 35.2 Å². The standard InChI is InChI=1S/C18H25ClN4O4/c1-18(2,3)27-17(25)20-13-4-5-23(16(13)24)15-11-12(19)10-14(21-15)22-6-8-26-9-7-22/h10-11,13H,4-9H2,1-3H3,(H,20,25)/t13-/m1/s1. The fourth-order valence-electron chi connectivity index (χ4n) is 3.05. The van der Waals surface area contributed by atoms with Gasteiger partial charge in [-0.2, -0.15) is 0 Å².